The van der Waals surface area contributed by atoms with E-state index in [-0.39, 0.29) is 35.6 Å². The van der Waals surface area contributed by atoms with Crippen LogP contribution in [0, 0.1) is 5.92 Å². The van der Waals surface area contributed by atoms with Crippen molar-refractivity contribution in [2.75, 3.05) is 53.2 Å². The Labute approximate surface area is 264 Å². The van der Waals surface area contributed by atoms with Gasteiger partial charge in [0.25, 0.3) is 0 Å². The standard InChI is InChI=1S/C32H47N5O6S/c1-22(34-2)30(39)36-28(23-8-4-3-5-9-23)32(40)37-14-7-12-27(37)31-35-26(21-44-31)29(38)24-10-6-11-25(20-24)43-19-18-42-17-16-41-15-13-33/h6,10-11,20-23,27-28,34H,3-5,7-9,12-19,33H2,1-2H3,(H,36,39)/t22?,27-,28?/m1/s1. The second-order valence-electron chi connectivity index (χ2n) is 11.4. The van der Waals surface area contributed by atoms with Gasteiger partial charge in [0.05, 0.1) is 38.5 Å². The molecule has 1 aliphatic carbocycles. The first-order chi connectivity index (χ1) is 21.4. The van der Waals surface area contributed by atoms with E-state index in [1.54, 1.807) is 43.6 Å². The molecule has 2 heterocycles. The summed E-state index contributed by atoms with van der Waals surface area (Å²) in [6.45, 7) is 5.08. The number of carbonyl (C=O) groups is 3. The number of hydrogen-bond acceptors (Lipinski definition) is 10. The minimum absolute atomic E-state index is 0.0453. The zero-order chi connectivity index (χ0) is 31.3. The molecule has 0 bridgehead atoms. The SMILES string of the molecule is CNC(C)C(=O)NC(C(=O)N1CCC[C@@H]1c1nc(C(=O)c2cccc(OCCOCCOCCN)c2)cs1)C1CCCCC1. The number of aromatic nitrogens is 1. The average molecular weight is 630 g/mol. The van der Waals surface area contributed by atoms with Crippen molar-refractivity contribution in [3.8, 4) is 5.75 Å². The molecule has 2 aliphatic rings. The highest BCUT2D eigenvalue weighted by atomic mass is 32.1. The number of nitrogens with one attached hydrogen (secondary N) is 2. The van der Waals surface area contributed by atoms with E-state index in [4.69, 9.17) is 24.9 Å². The summed E-state index contributed by atoms with van der Waals surface area (Å²) < 4.78 is 16.5. The summed E-state index contributed by atoms with van der Waals surface area (Å²) >= 11 is 1.40. The molecule has 11 nitrogen and oxygen atoms in total. The number of rotatable bonds is 17. The van der Waals surface area contributed by atoms with Crippen molar-refractivity contribution in [3.63, 3.8) is 0 Å². The van der Waals surface area contributed by atoms with E-state index in [1.807, 2.05) is 4.90 Å². The monoisotopic (exact) mass is 629 g/mol. The maximum Gasteiger partial charge on any atom is 0.246 e. The Morgan fingerprint density at radius 3 is 2.55 bits per heavy atom. The number of carbonyl (C=O) groups excluding carboxylic acids is 3. The average Bonchev–Trinajstić information content (AvgIpc) is 3.75. The van der Waals surface area contributed by atoms with Crippen LogP contribution >= 0.6 is 11.3 Å². The molecule has 44 heavy (non-hydrogen) atoms. The van der Waals surface area contributed by atoms with Gasteiger partial charge in [0.2, 0.25) is 17.6 Å². The molecule has 12 heteroatoms. The summed E-state index contributed by atoms with van der Waals surface area (Å²) in [5, 5.41) is 8.56. The van der Waals surface area contributed by atoms with E-state index in [2.05, 4.69) is 10.6 Å². The molecule has 0 spiro atoms. The summed E-state index contributed by atoms with van der Waals surface area (Å²) in [6.07, 6.45) is 6.78. The fourth-order valence-electron chi connectivity index (χ4n) is 5.77. The first kappa shape index (κ1) is 34.0. The lowest BCUT2D eigenvalue weighted by Crippen LogP contribution is -2.55. The van der Waals surface area contributed by atoms with E-state index in [1.165, 1.54) is 11.3 Å². The number of ether oxygens (including phenoxy) is 3. The molecule has 2 amide bonds. The summed E-state index contributed by atoms with van der Waals surface area (Å²) in [5.74, 6) is 0.285. The lowest BCUT2D eigenvalue weighted by molar-refractivity contribution is -0.139. The first-order valence-corrected chi connectivity index (χ1v) is 16.7. The van der Waals surface area contributed by atoms with Gasteiger partial charge in [-0.2, -0.15) is 0 Å². The number of amides is 2. The Morgan fingerprint density at radius 2 is 1.80 bits per heavy atom. The fourth-order valence-corrected chi connectivity index (χ4v) is 6.71. The van der Waals surface area contributed by atoms with Crippen LogP contribution < -0.4 is 21.1 Å². The van der Waals surface area contributed by atoms with Crippen LogP contribution in [0.5, 0.6) is 5.75 Å². The van der Waals surface area contributed by atoms with Gasteiger partial charge in [-0.15, -0.1) is 11.3 Å². The van der Waals surface area contributed by atoms with Crippen molar-refractivity contribution in [3.05, 3.63) is 45.9 Å². The quantitative estimate of drug-likeness (QED) is 0.178. The van der Waals surface area contributed by atoms with Crippen LogP contribution in [0.15, 0.2) is 29.6 Å². The molecule has 2 unspecified atom stereocenters. The van der Waals surface area contributed by atoms with Gasteiger partial charge in [-0.3, -0.25) is 14.4 Å². The van der Waals surface area contributed by atoms with Gasteiger partial charge >= 0.3 is 0 Å². The zero-order valence-electron chi connectivity index (χ0n) is 25.9. The van der Waals surface area contributed by atoms with Crippen molar-refractivity contribution in [2.45, 2.75) is 70.0 Å². The third kappa shape index (κ3) is 9.31. The van der Waals surface area contributed by atoms with Gasteiger partial charge in [0.15, 0.2) is 0 Å². The first-order valence-electron chi connectivity index (χ1n) is 15.8. The lowest BCUT2D eigenvalue weighted by Gasteiger charge is -2.35. The number of nitrogens with zero attached hydrogens (tertiary/aromatic N) is 2. The molecular formula is C32H47N5O6S. The predicted octanol–water partition coefficient (Wildman–Crippen LogP) is 3.08. The number of thiazole rings is 1. The van der Waals surface area contributed by atoms with Crippen LogP contribution in [-0.4, -0.2) is 92.7 Å². The Morgan fingerprint density at radius 1 is 1.05 bits per heavy atom. The van der Waals surface area contributed by atoms with E-state index in [0.29, 0.717) is 63.1 Å². The van der Waals surface area contributed by atoms with Crippen LogP contribution in [0.25, 0.3) is 0 Å². The second kappa shape index (κ2) is 17.6. The Balaban J connectivity index is 1.38. The van der Waals surface area contributed by atoms with Gasteiger partial charge in [0, 0.05) is 24.0 Å². The van der Waals surface area contributed by atoms with Crippen molar-refractivity contribution in [1.82, 2.24) is 20.5 Å². The summed E-state index contributed by atoms with van der Waals surface area (Å²) in [7, 11) is 1.74. The van der Waals surface area contributed by atoms with Crippen molar-refractivity contribution >= 4 is 28.9 Å². The van der Waals surface area contributed by atoms with E-state index in [0.717, 1.165) is 50.0 Å². The fraction of sp³-hybridized carbons (Fsp3) is 0.625. The minimum Gasteiger partial charge on any atom is -0.491 e. The third-order valence-electron chi connectivity index (χ3n) is 8.31. The molecule has 4 N–H and O–H groups in total. The number of hydrogen-bond donors (Lipinski definition) is 3. The van der Waals surface area contributed by atoms with Gasteiger partial charge in [0.1, 0.15) is 29.1 Å². The molecule has 2 aromatic rings. The molecule has 1 saturated heterocycles. The minimum atomic E-state index is -0.558. The molecule has 1 saturated carbocycles. The summed E-state index contributed by atoms with van der Waals surface area (Å²) in [5.41, 5.74) is 6.22. The smallest absolute Gasteiger partial charge is 0.246 e. The maximum absolute atomic E-state index is 14.0. The third-order valence-corrected chi connectivity index (χ3v) is 9.26. The molecule has 1 aromatic heterocycles. The van der Waals surface area contributed by atoms with Crippen LogP contribution in [0.4, 0.5) is 0 Å². The Kier molecular flexibility index (Phi) is 13.6. The van der Waals surface area contributed by atoms with Crippen molar-refractivity contribution in [2.24, 2.45) is 11.7 Å². The molecule has 0 radical (unpaired) electrons. The highest BCUT2D eigenvalue weighted by Gasteiger charge is 2.40. The Hall–Kier alpha value is -2.90. The summed E-state index contributed by atoms with van der Waals surface area (Å²) in [4.78, 5) is 46.9. The zero-order valence-corrected chi connectivity index (χ0v) is 26.7. The molecule has 1 aliphatic heterocycles. The molecule has 4 rings (SSSR count). The lowest BCUT2D eigenvalue weighted by atomic mass is 9.83. The number of nitrogens with two attached hydrogens (primary N) is 1. The van der Waals surface area contributed by atoms with Gasteiger partial charge in [-0.25, -0.2) is 4.98 Å². The van der Waals surface area contributed by atoms with E-state index in [9.17, 15) is 14.4 Å². The second-order valence-corrected chi connectivity index (χ2v) is 12.3. The number of benzene rings is 1. The highest BCUT2D eigenvalue weighted by molar-refractivity contribution is 7.10. The number of likely N-dealkylation sites (N-methyl/N-ethyl adjacent to an activating group) is 1. The number of ketones is 1. The van der Waals surface area contributed by atoms with Crippen LogP contribution in [-0.2, 0) is 19.1 Å². The normalized spacial score (nSPS) is 18.6. The van der Waals surface area contributed by atoms with Crippen LogP contribution in [0.2, 0.25) is 0 Å². The largest absolute Gasteiger partial charge is 0.491 e. The predicted molar refractivity (Wildman–Crippen MR) is 169 cm³/mol. The molecule has 3 atom stereocenters. The maximum atomic E-state index is 14.0. The molecule has 242 valence electrons. The van der Waals surface area contributed by atoms with Crippen molar-refractivity contribution < 1.29 is 28.6 Å². The van der Waals surface area contributed by atoms with Gasteiger partial charge in [-0.1, -0.05) is 31.4 Å². The Bertz CT molecular complexity index is 1220. The topological polar surface area (TPSA) is 145 Å². The highest BCUT2D eigenvalue weighted by Crippen LogP contribution is 2.36. The molecule has 1 aromatic carbocycles. The number of likely N-dealkylation sites (tertiary alicyclic amines) is 1. The van der Waals surface area contributed by atoms with E-state index >= 15 is 0 Å². The molecule has 2 fully saturated rings. The van der Waals surface area contributed by atoms with Crippen LogP contribution in [0.3, 0.4) is 0 Å². The van der Waals surface area contributed by atoms with Crippen LogP contribution in [0.1, 0.15) is 79.0 Å². The summed E-state index contributed by atoms with van der Waals surface area (Å²) in [6, 6.07) is 5.87. The molecular weight excluding hydrogens is 582 g/mol. The van der Waals surface area contributed by atoms with E-state index < -0.39 is 6.04 Å². The van der Waals surface area contributed by atoms with Gasteiger partial charge in [-0.05, 0) is 57.7 Å². The van der Waals surface area contributed by atoms with Gasteiger partial charge < -0.3 is 35.5 Å². The van der Waals surface area contributed by atoms with Crippen molar-refractivity contribution in [1.29, 1.82) is 0 Å².